The molecule has 0 saturated carbocycles. The Morgan fingerprint density at radius 3 is 3.12 bits per heavy atom. The average molecular weight is 258 g/mol. The number of H-pyrrole nitrogens is 1. The van der Waals surface area contributed by atoms with Gasteiger partial charge in [0.05, 0.1) is 6.20 Å². The molecule has 96 valence electrons. The van der Waals surface area contributed by atoms with Crippen molar-refractivity contribution in [3.8, 4) is 0 Å². The lowest BCUT2D eigenvalue weighted by Gasteiger charge is -2.22. The number of nitrogens with one attached hydrogen (secondary N) is 2. The van der Waals surface area contributed by atoms with E-state index in [9.17, 15) is 8.42 Å². The predicted molar refractivity (Wildman–Crippen MR) is 64.0 cm³/mol. The fourth-order valence-corrected chi connectivity index (χ4v) is 3.20. The molecule has 2 heterocycles. The van der Waals surface area contributed by atoms with Gasteiger partial charge in [-0.1, -0.05) is 6.92 Å². The van der Waals surface area contributed by atoms with Crippen molar-refractivity contribution < 1.29 is 8.42 Å². The van der Waals surface area contributed by atoms with E-state index in [1.165, 1.54) is 12.3 Å². The lowest BCUT2D eigenvalue weighted by Crippen LogP contribution is -2.40. The molecule has 1 unspecified atom stereocenters. The van der Waals surface area contributed by atoms with Crippen LogP contribution in [0, 0.1) is 0 Å². The molecule has 1 aromatic rings. The van der Waals surface area contributed by atoms with Gasteiger partial charge < -0.3 is 0 Å². The van der Waals surface area contributed by atoms with Gasteiger partial charge in [0.25, 0.3) is 10.0 Å². The van der Waals surface area contributed by atoms with Gasteiger partial charge in [0.2, 0.25) is 0 Å². The highest BCUT2D eigenvalue weighted by molar-refractivity contribution is 7.89. The first-order chi connectivity index (χ1) is 8.13. The number of aromatic amines is 1. The van der Waals surface area contributed by atoms with Crippen molar-refractivity contribution in [3.05, 3.63) is 12.3 Å². The van der Waals surface area contributed by atoms with Crippen LogP contribution in [-0.2, 0) is 10.0 Å². The van der Waals surface area contributed by atoms with E-state index in [2.05, 4.69) is 26.7 Å². The van der Waals surface area contributed by atoms with Crippen LogP contribution in [0.25, 0.3) is 0 Å². The summed E-state index contributed by atoms with van der Waals surface area (Å²) in [5.74, 6) is 0. The number of hydrogen-bond donors (Lipinski definition) is 2. The molecule has 1 saturated heterocycles. The largest absolute Gasteiger partial charge is 0.299 e. The first-order valence-corrected chi connectivity index (χ1v) is 7.35. The molecule has 1 aliphatic heterocycles. The molecule has 17 heavy (non-hydrogen) atoms. The number of nitrogens with zero attached hydrogens (tertiary/aromatic N) is 2. The lowest BCUT2D eigenvalue weighted by atomic mass is 10.2. The number of likely N-dealkylation sites (tertiary alicyclic amines) is 1. The van der Waals surface area contributed by atoms with Crippen LogP contribution in [-0.4, -0.2) is 49.2 Å². The molecule has 0 amide bonds. The van der Waals surface area contributed by atoms with Gasteiger partial charge in [0, 0.05) is 12.6 Å². The summed E-state index contributed by atoms with van der Waals surface area (Å²) in [6.07, 6.45) is 3.63. The molecule has 6 nitrogen and oxygen atoms in total. The van der Waals surface area contributed by atoms with E-state index >= 15 is 0 Å². The molecule has 1 aromatic heterocycles. The fraction of sp³-hybridized carbons (Fsp3) is 0.700. The van der Waals surface area contributed by atoms with Crippen molar-refractivity contribution >= 4 is 10.0 Å². The Balaban J connectivity index is 1.94. The zero-order chi connectivity index (χ0) is 12.3. The van der Waals surface area contributed by atoms with E-state index < -0.39 is 10.0 Å². The van der Waals surface area contributed by atoms with E-state index in [1.807, 2.05) is 0 Å². The number of hydrogen-bond acceptors (Lipinski definition) is 4. The second kappa shape index (κ2) is 5.16. The standard InChI is InChI=1S/C10H18N4O2S/c1-2-14-7-3-4-9(14)8-12-17(15,16)10-5-6-11-13-10/h5-6,9,12H,2-4,7-8H2,1H3,(H,11,13). The van der Waals surface area contributed by atoms with E-state index in [0.717, 1.165) is 25.9 Å². The maximum Gasteiger partial charge on any atom is 0.257 e. The Hall–Kier alpha value is -0.920. The van der Waals surface area contributed by atoms with E-state index in [4.69, 9.17) is 0 Å². The summed E-state index contributed by atoms with van der Waals surface area (Å²) in [7, 11) is -3.43. The molecule has 0 bridgehead atoms. The third-order valence-corrected chi connectivity index (χ3v) is 4.53. The summed E-state index contributed by atoms with van der Waals surface area (Å²) in [4.78, 5) is 2.30. The van der Waals surface area contributed by atoms with Crippen LogP contribution >= 0.6 is 0 Å². The highest BCUT2D eigenvalue weighted by atomic mass is 32.2. The zero-order valence-electron chi connectivity index (χ0n) is 9.89. The van der Waals surface area contributed by atoms with Crippen molar-refractivity contribution in [1.82, 2.24) is 19.8 Å². The van der Waals surface area contributed by atoms with Gasteiger partial charge >= 0.3 is 0 Å². The first kappa shape index (κ1) is 12.5. The number of sulfonamides is 1. The number of rotatable bonds is 5. The van der Waals surface area contributed by atoms with Crippen molar-refractivity contribution in [1.29, 1.82) is 0 Å². The summed E-state index contributed by atoms with van der Waals surface area (Å²) in [5.41, 5.74) is 0. The Bertz CT molecular complexity index is 443. The van der Waals surface area contributed by atoms with Gasteiger partial charge in [0.1, 0.15) is 0 Å². The first-order valence-electron chi connectivity index (χ1n) is 5.86. The maximum atomic E-state index is 11.8. The second-order valence-electron chi connectivity index (χ2n) is 4.20. The average Bonchev–Trinajstić information content (AvgIpc) is 2.97. The van der Waals surface area contributed by atoms with Crippen LogP contribution < -0.4 is 4.72 Å². The van der Waals surface area contributed by atoms with Crippen LogP contribution in [0.3, 0.4) is 0 Å². The molecule has 0 aromatic carbocycles. The van der Waals surface area contributed by atoms with Crippen LogP contribution in [0.15, 0.2) is 17.3 Å². The monoisotopic (exact) mass is 258 g/mol. The predicted octanol–water partition coefficient (Wildman–Crippen LogP) is 0.172. The quantitative estimate of drug-likeness (QED) is 0.789. The van der Waals surface area contributed by atoms with Crippen LogP contribution in [0.1, 0.15) is 19.8 Å². The van der Waals surface area contributed by atoms with Gasteiger partial charge in [-0.25, -0.2) is 13.1 Å². The molecule has 1 aliphatic rings. The van der Waals surface area contributed by atoms with Gasteiger partial charge in [-0.2, -0.15) is 5.10 Å². The summed E-state index contributed by atoms with van der Waals surface area (Å²) in [6, 6.07) is 1.77. The molecular weight excluding hydrogens is 240 g/mol. The number of likely N-dealkylation sites (N-methyl/N-ethyl adjacent to an activating group) is 1. The minimum Gasteiger partial charge on any atom is -0.299 e. The van der Waals surface area contributed by atoms with Gasteiger partial charge in [-0.05, 0) is 32.0 Å². The summed E-state index contributed by atoms with van der Waals surface area (Å²) in [6.45, 7) is 4.60. The van der Waals surface area contributed by atoms with E-state index in [0.29, 0.717) is 12.6 Å². The highest BCUT2D eigenvalue weighted by Crippen LogP contribution is 2.16. The van der Waals surface area contributed by atoms with Gasteiger partial charge in [-0.3, -0.25) is 10.00 Å². The van der Waals surface area contributed by atoms with Crippen molar-refractivity contribution in [3.63, 3.8) is 0 Å². The summed E-state index contributed by atoms with van der Waals surface area (Å²) >= 11 is 0. The van der Waals surface area contributed by atoms with E-state index in [-0.39, 0.29) is 5.03 Å². The smallest absolute Gasteiger partial charge is 0.257 e. The Kier molecular flexibility index (Phi) is 3.80. The Morgan fingerprint density at radius 2 is 2.47 bits per heavy atom. The normalized spacial score (nSPS) is 22.1. The van der Waals surface area contributed by atoms with Gasteiger partial charge in [-0.15, -0.1) is 0 Å². The second-order valence-corrected chi connectivity index (χ2v) is 5.93. The third kappa shape index (κ3) is 2.85. The van der Waals surface area contributed by atoms with Crippen LogP contribution in [0.5, 0.6) is 0 Å². The zero-order valence-corrected chi connectivity index (χ0v) is 10.7. The van der Waals surface area contributed by atoms with E-state index in [1.54, 1.807) is 0 Å². The minimum absolute atomic E-state index is 0.124. The van der Waals surface area contributed by atoms with Crippen molar-refractivity contribution in [2.75, 3.05) is 19.6 Å². The molecule has 1 atom stereocenters. The lowest BCUT2D eigenvalue weighted by molar-refractivity contribution is 0.268. The maximum absolute atomic E-state index is 11.8. The third-order valence-electron chi connectivity index (χ3n) is 3.18. The molecule has 2 N–H and O–H groups in total. The molecule has 0 spiro atoms. The topological polar surface area (TPSA) is 78.1 Å². The van der Waals surface area contributed by atoms with Crippen molar-refractivity contribution in [2.45, 2.75) is 30.8 Å². The van der Waals surface area contributed by atoms with Crippen LogP contribution in [0.4, 0.5) is 0 Å². The van der Waals surface area contributed by atoms with Crippen LogP contribution in [0.2, 0.25) is 0 Å². The molecule has 0 radical (unpaired) electrons. The highest BCUT2D eigenvalue weighted by Gasteiger charge is 2.25. The molecular formula is C10H18N4O2S. The summed E-state index contributed by atoms with van der Waals surface area (Å²) < 4.78 is 26.3. The fourth-order valence-electron chi connectivity index (χ4n) is 2.22. The molecule has 7 heteroatoms. The Morgan fingerprint density at radius 1 is 1.65 bits per heavy atom. The molecule has 2 rings (SSSR count). The molecule has 0 aliphatic carbocycles. The van der Waals surface area contributed by atoms with Gasteiger partial charge in [0.15, 0.2) is 5.03 Å². The van der Waals surface area contributed by atoms with Crippen molar-refractivity contribution in [2.24, 2.45) is 0 Å². The Labute approximate surface area is 101 Å². The molecule has 1 fully saturated rings. The summed E-state index contributed by atoms with van der Waals surface area (Å²) in [5, 5.41) is 6.23. The minimum atomic E-state index is -3.43. The number of aromatic nitrogens is 2. The SMILES string of the molecule is CCN1CCCC1CNS(=O)(=O)c1ccn[nH]1.